The van der Waals surface area contributed by atoms with Crippen molar-refractivity contribution in [2.24, 2.45) is 4.99 Å². The van der Waals surface area contributed by atoms with Gasteiger partial charge in [0.25, 0.3) is 0 Å². The van der Waals surface area contributed by atoms with Gasteiger partial charge in [-0.15, -0.1) is 0 Å². The third-order valence-electron chi connectivity index (χ3n) is 3.66. The number of nitrogens with zero attached hydrogens (tertiary/aromatic N) is 1. The van der Waals surface area contributed by atoms with Crippen molar-refractivity contribution < 1.29 is 9.18 Å². The van der Waals surface area contributed by atoms with Crippen molar-refractivity contribution in [2.45, 2.75) is 39.2 Å². The minimum atomic E-state index is -0.212. The lowest BCUT2D eigenvalue weighted by molar-refractivity contribution is -0.119. The molecule has 0 aliphatic heterocycles. The molecule has 6 heteroatoms. The van der Waals surface area contributed by atoms with Gasteiger partial charge in [-0.05, 0) is 56.4 Å². The van der Waals surface area contributed by atoms with Gasteiger partial charge in [0.1, 0.15) is 12.4 Å². The molecule has 0 radical (unpaired) electrons. The first-order valence-electron chi connectivity index (χ1n) is 8.15. The molecule has 0 atom stereocenters. The first-order valence-corrected chi connectivity index (χ1v) is 8.15. The number of nitrogens with one attached hydrogen (secondary N) is 3. The molecular weight excluding hydrogens is 295 g/mol. The summed E-state index contributed by atoms with van der Waals surface area (Å²) >= 11 is 0. The maximum Gasteiger partial charge on any atom is 0.242 e. The predicted molar refractivity (Wildman–Crippen MR) is 90.0 cm³/mol. The molecule has 0 saturated heterocycles. The van der Waals surface area contributed by atoms with Gasteiger partial charge < -0.3 is 16.0 Å². The quantitative estimate of drug-likeness (QED) is 0.527. The Hall–Kier alpha value is -2.11. The molecule has 1 aliphatic carbocycles. The minimum absolute atomic E-state index is 0.0425. The van der Waals surface area contributed by atoms with E-state index in [0.29, 0.717) is 18.5 Å². The summed E-state index contributed by atoms with van der Waals surface area (Å²) in [6.07, 6.45) is 2.92. The summed E-state index contributed by atoms with van der Waals surface area (Å²) in [5.74, 6) is 0.369. The number of aliphatic imine (C=N–C) groups is 1. The molecule has 3 N–H and O–H groups in total. The summed E-state index contributed by atoms with van der Waals surface area (Å²) in [4.78, 5) is 15.9. The van der Waals surface area contributed by atoms with Crippen molar-refractivity contribution in [3.8, 4) is 0 Å². The standard InChI is InChI=1S/C17H25FN4O/c1-3-19-17(21-11-16(23)22-15-6-7-15)20-9-8-13-4-5-14(18)10-12(13)2/h4-5,10,15H,3,6-9,11H2,1-2H3,(H,22,23)(H2,19,20,21). The van der Waals surface area contributed by atoms with Crippen LogP contribution >= 0.6 is 0 Å². The summed E-state index contributed by atoms with van der Waals surface area (Å²) in [5, 5.41) is 9.23. The van der Waals surface area contributed by atoms with E-state index in [0.717, 1.165) is 36.9 Å². The number of amides is 1. The number of halogens is 1. The third-order valence-corrected chi connectivity index (χ3v) is 3.66. The molecule has 0 unspecified atom stereocenters. The van der Waals surface area contributed by atoms with E-state index in [2.05, 4.69) is 20.9 Å². The molecule has 1 fully saturated rings. The Bertz CT molecular complexity index is 570. The lowest BCUT2D eigenvalue weighted by Gasteiger charge is -2.12. The molecule has 0 heterocycles. The molecule has 23 heavy (non-hydrogen) atoms. The number of aryl methyl sites for hydroxylation is 1. The second-order valence-corrected chi connectivity index (χ2v) is 5.78. The number of carbonyl (C=O) groups is 1. The SMILES string of the molecule is CCNC(=NCC(=O)NC1CC1)NCCc1ccc(F)cc1C. The second kappa shape index (κ2) is 8.50. The van der Waals surface area contributed by atoms with Gasteiger partial charge in [-0.1, -0.05) is 6.07 Å². The molecule has 5 nitrogen and oxygen atoms in total. The van der Waals surface area contributed by atoms with E-state index >= 15 is 0 Å². The van der Waals surface area contributed by atoms with E-state index in [-0.39, 0.29) is 18.3 Å². The summed E-state index contributed by atoms with van der Waals surface area (Å²) < 4.78 is 13.1. The van der Waals surface area contributed by atoms with Gasteiger partial charge in [0.05, 0.1) is 0 Å². The number of carbonyl (C=O) groups excluding carboxylic acids is 1. The van der Waals surface area contributed by atoms with Crippen molar-refractivity contribution >= 4 is 11.9 Å². The molecule has 0 spiro atoms. The predicted octanol–water partition coefficient (Wildman–Crippen LogP) is 1.51. The Labute approximate surface area is 136 Å². The van der Waals surface area contributed by atoms with Gasteiger partial charge in [-0.25, -0.2) is 9.38 Å². The highest BCUT2D eigenvalue weighted by Crippen LogP contribution is 2.18. The number of rotatable bonds is 7. The van der Waals surface area contributed by atoms with Crippen LogP contribution in [0, 0.1) is 12.7 Å². The third kappa shape index (κ3) is 6.26. The smallest absolute Gasteiger partial charge is 0.242 e. The molecular formula is C17H25FN4O. The number of hydrogen-bond acceptors (Lipinski definition) is 2. The molecule has 0 aromatic heterocycles. The van der Waals surface area contributed by atoms with Crippen LogP contribution in [0.1, 0.15) is 30.9 Å². The first kappa shape index (κ1) is 17.2. The molecule has 0 bridgehead atoms. The maximum absolute atomic E-state index is 13.1. The van der Waals surface area contributed by atoms with Gasteiger partial charge in [0.2, 0.25) is 5.91 Å². The number of hydrogen-bond donors (Lipinski definition) is 3. The van der Waals surface area contributed by atoms with Crippen LogP contribution in [-0.4, -0.2) is 37.5 Å². The van der Waals surface area contributed by atoms with Gasteiger partial charge >= 0.3 is 0 Å². The zero-order chi connectivity index (χ0) is 16.7. The zero-order valence-electron chi connectivity index (χ0n) is 13.8. The zero-order valence-corrected chi connectivity index (χ0v) is 13.8. The fraction of sp³-hybridized carbons (Fsp3) is 0.529. The maximum atomic E-state index is 13.1. The van der Waals surface area contributed by atoms with E-state index in [1.807, 2.05) is 13.8 Å². The lowest BCUT2D eigenvalue weighted by atomic mass is 10.1. The molecule has 1 aromatic carbocycles. The van der Waals surface area contributed by atoms with Crippen molar-refractivity contribution in [1.82, 2.24) is 16.0 Å². The fourth-order valence-electron chi connectivity index (χ4n) is 2.25. The monoisotopic (exact) mass is 320 g/mol. The van der Waals surface area contributed by atoms with Crippen molar-refractivity contribution in [2.75, 3.05) is 19.6 Å². The van der Waals surface area contributed by atoms with E-state index in [9.17, 15) is 9.18 Å². The average molecular weight is 320 g/mol. The Morgan fingerprint density at radius 2 is 2.13 bits per heavy atom. The average Bonchev–Trinajstić information content (AvgIpc) is 3.31. The van der Waals surface area contributed by atoms with Crippen LogP contribution in [0.25, 0.3) is 0 Å². The lowest BCUT2D eigenvalue weighted by Crippen LogP contribution is -2.39. The largest absolute Gasteiger partial charge is 0.357 e. The van der Waals surface area contributed by atoms with Crippen LogP contribution < -0.4 is 16.0 Å². The Balaban J connectivity index is 1.79. The van der Waals surface area contributed by atoms with E-state index in [1.54, 1.807) is 6.07 Å². The Morgan fingerprint density at radius 1 is 1.35 bits per heavy atom. The highest BCUT2D eigenvalue weighted by molar-refractivity contribution is 5.85. The number of benzene rings is 1. The normalized spacial score (nSPS) is 14.5. The van der Waals surface area contributed by atoms with Gasteiger partial charge in [0, 0.05) is 19.1 Å². The second-order valence-electron chi connectivity index (χ2n) is 5.78. The van der Waals surface area contributed by atoms with Crippen molar-refractivity contribution in [1.29, 1.82) is 0 Å². The summed E-state index contributed by atoms with van der Waals surface area (Å²) in [5.41, 5.74) is 2.04. The molecule has 126 valence electrons. The Kier molecular flexibility index (Phi) is 6.38. The highest BCUT2D eigenvalue weighted by Gasteiger charge is 2.22. The molecule has 1 saturated carbocycles. The fourth-order valence-corrected chi connectivity index (χ4v) is 2.25. The minimum Gasteiger partial charge on any atom is -0.357 e. The van der Waals surface area contributed by atoms with Crippen LogP contribution in [-0.2, 0) is 11.2 Å². The number of guanidine groups is 1. The van der Waals surface area contributed by atoms with Crippen molar-refractivity contribution in [3.63, 3.8) is 0 Å². The summed E-state index contributed by atoms with van der Waals surface area (Å²) in [7, 11) is 0. The van der Waals surface area contributed by atoms with Gasteiger partial charge in [-0.2, -0.15) is 0 Å². The van der Waals surface area contributed by atoms with E-state index < -0.39 is 0 Å². The van der Waals surface area contributed by atoms with Gasteiger partial charge in [0.15, 0.2) is 5.96 Å². The van der Waals surface area contributed by atoms with Crippen molar-refractivity contribution in [3.05, 3.63) is 35.1 Å². The van der Waals surface area contributed by atoms with Crippen LogP contribution in [0.4, 0.5) is 4.39 Å². The van der Waals surface area contributed by atoms with Gasteiger partial charge in [-0.3, -0.25) is 4.79 Å². The molecule has 2 rings (SSSR count). The van der Waals surface area contributed by atoms with Crippen LogP contribution in [0.3, 0.4) is 0 Å². The van der Waals surface area contributed by atoms with Crippen LogP contribution in [0.15, 0.2) is 23.2 Å². The summed E-state index contributed by atoms with van der Waals surface area (Å²) in [6.45, 7) is 5.40. The van der Waals surface area contributed by atoms with Crippen LogP contribution in [0.2, 0.25) is 0 Å². The molecule has 1 aliphatic rings. The molecule has 1 aromatic rings. The summed E-state index contributed by atoms with van der Waals surface area (Å²) in [6, 6.07) is 5.18. The van der Waals surface area contributed by atoms with E-state index in [1.165, 1.54) is 12.1 Å². The highest BCUT2D eigenvalue weighted by atomic mass is 19.1. The van der Waals surface area contributed by atoms with E-state index in [4.69, 9.17) is 0 Å². The van der Waals surface area contributed by atoms with Crippen LogP contribution in [0.5, 0.6) is 0 Å². The molecule has 1 amide bonds. The topological polar surface area (TPSA) is 65.5 Å². The first-order chi connectivity index (χ1) is 11.1. The Morgan fingerprint density at radius 3 is 2.78 bits per heavy atom.